The van der Waals surface area contributed by atoms with Crippen LogP contribution in [0, 0.1) is 0 Å². The average Bonchev–Trinajstić information content (AvgIpc) is 3.33. The van der Waals surface area contributed by atoms with Gasteiger partial charge in [-0.25, -0.2) is 0 Å². The minimum absolute atomic E-state index is 0.789. The molecule has 4 aromatic heterocycles. The Morgan fingerprint density at radius 1 is 1.00 bits per heavy atom. The first-order valence-corrected chi connectivity index (χ1v) is 8.12. The van der Waals surface area contributed by atoms with Crippen LogP contribution in [0.15, 0.2) is 65.6 Å². The second-order valence-electron chi connectivity index (χ2n) is 6.29. The fraction of sp³-hybridized carbons (Fsp3) is 0.100. The molecule has 5 nitrogen and oxygen atoms in total. The van der Waals surface area contributed by atoms with Gasteiger partial charge in [0.1, 0.15) is 11.3 Å². The van der Waals surface area contributed by atoms with Gasteiger partial charge in [0.05, 0.1) is 6.20 Å². The maximum atomic E-state index is 6.21. The van der Waals surface area contributed by atoms with Crippen molar-refractivity contribution in [3.05, 3.63) is 61.2 Å². The lowest BCUT2D eigenvalue weighted by Crippen LogP contribution is -1.84. The average molecular weight is 328 g/mol. The standard InChI is InChI=1S/C20H16N4O/c1-23-8-6-13-3-4-14(9-18(13)23)19-10-17-20(25-19)16(5-7-21-17)15-11-22-24(2)12-15/h3-12H,1-2H3. The molecule has 5 rings (SSSR count). The van der Waals surface area contributed by atoms with Crippen LogP contribution in [-0.2, 0) is 14.1 Å². The summed E-state index contributed by atoms with van der Waals surface area (Å²) in [6.45, 7) is 0. The molecular formula is C20H16N4O. The van der Waals surface area contributed by atoms with Gasteiger partial charge in [-0.15, -0.1) is 0 Å². The number of aromatic nitrogens is 4. The van der Waals surface area contributed by atoms with Crippen LogP contribution in [0.3, 0.4) is 0 Å². The Labute approximate surface area is 144 Å². The van der Waals surface area contributed by atoms with Crippen molar-refractivity contribution in [1.29, 1.82) is 0 Å². The summed E-state index contributed by atoms with van der Waals surface area (Å²) in [7, 11) is 3.96. The van der Waals surface area contributed by atoms with Crippen molar-refractivity contribution in [1.82, 2.24) is 19.3 Å². The zero-order valence-electron chi connectivity index (χ0n) is 14.0. The maximum absolute atomic E-state index is 6.21. The van der Waals surface area contributed by atoms with Crippen LogP contribution in [0.2, 0.25) is 0 Å². The van der Waals surface area contributed by atoms with Gasteiger partial charge in [0, 0.05) is 61.0 Å². The summed E-state index contributed by atoms with van der Waals surface area (Å²) in [5.74, 6) is 0.821. The summed E-state index contributed by atoms with van der Waals surface area (Å²) in [6, 6.07) is 12.4. The quantitative estimate of drug-likeness (QED) is 0.483. The Kier molecular flexibility index (Phi) is 2.85. The predicted molar refractivity (Wildman–Crippen MR) is 98.1 cm³/mol. The molecule has 5 heteroatoms. The van der Waals surface area contributed by atoms with Crippen LogP contribution in [-0.4, -0.2) is 19.3 Å². The molecular weight excluding hydrogens is 312 g/mol. The zero-order valence-corrected chi connectivity index (χ0v) is 14.0. The molecule has 1 aromatic carbocycles. The highest BCUT2D eigenvalue weighted by Gasteiger charge is 2.14. The summed E-state index contributed by atoms with van der Waals surface area (Å²) < 4.78 is 10.1. The minimum atomic E-state index is 0.789. The van der Waals surface area contributed by atoms with Gasteiger partial charge in [0.15, 0.2) is 5.58 Å². The van der Waals surface area contributed by atoms with E-state index in [9.17, 15) is 0 Å². The molecule has 0 fully saturated rings. The lowest BCUT2D eigenvalue weighted by atomic mass is 10.1. The molecule has 0 spiro atoms. The third-order valence-electron chi connectivity index (χ3n) is 4.60. The number of hydrogen-bond donors (Lipinski definition) is 0. The molecule has 0 saturated heterocycles. The molecule has 0 aliphatic heterocycles. The second-order valence-corrected chi connectivity index (χ2v) is 6.29. The molecule has 4 heterocycles. The normalized spacial score (nSPS) is 11.6. The van der Waals surface area contributed by atoms with Crippen molar-refractivity contribution in [2.24, 2.45) is 14.1 Å². The lowest BCUT2D eigenvalue weighted by molar-refractivity contribution is 0.632. The molecule has 0 aliphatic rings. The second kappa shape index (κ2) is 5.08. The highest BCUT2D eigenvalue weighted by atomic mass is 16.3. The van der Waals surface area contributed by atoms with E-state index in [1.54, 1.807) is 4.68 Å². The first kappa shape index (κ1) is 14.0. The summed E-state index contributed by atoms with van der Waals surface area (Å²) >= 11 is 0. The maximum Gasteiger partial charge on any atom is 0.161 e. The third-order valence-corrected chi connectivity index (χ3v) is 4.60. The molecule has 0 saturated carbocycles. The van der Waals surface area contributed by atoms with Crippen molar-refractivity contribution in [3.8, 4) is 22.5 Å². The first-order chi connectivity index (χ1) is 12.2. The van der Waals surface area contributed by atoms with E-state index in [-0.39, 0.29) is 0 Å². The van der Waals surface area contributed by atoms with E-state index in [0.717, 1.165) is 33.6 Å². The van der Waals surface area contributed by atoms with E-state index in [1.165, 1.54) is 10.9 Å². The van der Waals surface area contributed by atoms with Gasteiger partial charge in [-0.3, -0.25) is 9.67 Å². The molecule has 122 valence electrons. The smallest absolute Gasteiger partial charge is 0.161 e. The molecule has 25 heavy (non-hydrogen) atoms. The molecule has 5 aromatic rings. The van der Waals surface area contributed by atoms with Crippen LogP contribution < -0.4 is 0 Å². The predicted octanol–water partition coefficient (Wildman–Crippen LogP) is 4.39. The van der Waals surface area contributed by atoms with Crippen molar-refractivity contribution in [2.75, 3.05) is 0 Å². The number of benzene rings is 1. The van der Waals surface area contributed by atoms with E-state index >= 15 is 0 Å². The highest BCUT2D eigenvalue weighted by molar-refractivity contribution is 5.93. The van der Waals surface area contributed by atoms with E-state index in [0.29, 0.717) is 0 Å². The Morgan fingerprint density at radius 2 is 1.92 bits per heavy atom. The summed E-state index contributed by atoms with van der Waals surface area (Å²) in [4.78, 5) is 4.46. The van der Waals surface area contributed by atoms with E-state index < -0.39 is 0 Å². The summed E-state index contributed by atoms with van der Waals surface area (Å²) in [5, 5.41) is 5.47. The van der Waals surface area contributed by atoms with E-state index in [1.807, 2.05) is 44.8 Å². The number of aryl methyl sites for hydroxylation is 2. The molecule has 0 radical (unpaired) electrons. The third kappa shape index (κ3) is 2.16. The first-order valence-electron chi connectivity index (χ1n) is 8.12. The van der Waals surface area contributed by atoms with Crippen LogP contribution in [0.25, 0.3) is 44.5 Å². The van der Waals surface area contributed by atoms with E-state index in [4.69, 9.17) is 4.42 Å². The zero-order chi connectivity index (χ0) is 17.0. The Balaban J connectivity index is 1.70. The lowest BCUT2D eigenvalue weighted by Gasteiger charge is -2.00. The molecule has 0 atom stereocenters. The highest BCUT2D eigenvalue weighted by Crippen LogP contribution is 2.34. The summed E-state index contributed by atoms with van der Waals surface area (Å²) in [6.07, 6.45) is 7.69. The van der Waals surface area contributed by atoms with Crippen molar-refractivity contribution in [2.45, 2.75) is 0 Å². The molecule has 0 aliphatic carbocycles. The van der Waals surface area contributed by atoms with Gasteiger partial charge in [0.2, 0.25) is 0 Å². The van der Waals surface area contributed by atoms with Crippen LogP contribution in [0.4, 0.5) is 0 Å². The number of fused-ring (bicyclic) bond motifs is 2. The Bertz CT molecular complexity index is 1230. The largest absolute Gasteiger partial charge is 0.454 e. The SMILES string of the molecule is Cn1cc(-c2ccnc3cc(-c4ccc5ccn(C)c5c4)oc23)cn1. The van der Waals surface area contributed by atoms with Crippen LogP contribution in [0.1, 0.15) is 0 Å². The summed E-state index contributed by atoms with van der Waals surface area (Å²) in [5.41, 5.74) is 5.89. The Hall–Kier alpha value is -3.34. The number of furan rings is 1. The van der Waals surface area contributed by atoms with Gasteiger partial charge in [-0.2, -0.15) is 5.10 Å². The van der Waals surface area contributed by atoms with Gasteiger partial charge in [0.25, 0.3) is 0 Å². The van der Waals surface area contributed by atoms with Gasteiger partial charge >= 0.3 is 0 Å². The fourth-order valence-corrected chi connectivity index (χ4v) is 3.28. The topological polar surface area (TPSA) is 48.8 Å². The number of pyridine rings is 1. The van der Waals surface area contributed by atoms with Gasteiger partial charge in [-0.05, 0) is 23.6 Å². The number of rotatable bonds is 2. The molecule has 0 N–H and O–H groups in total. The monoisotopic (exact) mass is 328 g/mol. The number of hydrogen-bond acceptors (Lipinski definition) is 3. The van der Waals surface area contributed by atoms with Crippen LogP contribution >= 0.6 is 0 Å². The molecule has 0 amide bonds. The molecule has 0 bridgehead atoms. The minimum Gasteiger partial charge on any atom is -0.454 e. The van der Waals surface area contributed by atoms with Crippen LogP contribution in [0.5, 0.6) is 0 Å². The van der Waals surface area contributed by atoms with Crippen molar-refractivity contribution < 1.29 is 4.42 Å². The van der Waals surface area contributed by atoms with Gasteiger partial charge in [-0.1, -0.05) is 12.1 Å². The molecule has 0 unspecified atom stereocenters. The Morgan fingerprint density at radius 3 is 2.76 bits per heavy atom. The van der Waals surface area contributed by atoms with Gasteiger partial charge < -0.3 is 8.98 Å². The fourth-order valence-electron chi connectivity index (χ4n) is 3.28. The van der Waals surface area contributed by atoms with E-state index in [2.05, 4.69) is 45.1 Å². The van der Waals surface area contributed by atoms with Crippen molar-refractivity contribution >= 4 is 22.0 Å². The number of nitrogens with zero attached hydrogens (tertiary/aromatic N) is 4. The van der Waals surface area contributed by atoms with Crippen molar-refractivity contribution in [3.63, 3.8) is 0 Å².